The molecule has 0 aliphatic heterocycles. The summed E-state index contributed by atoms with van der Waals surface area (Å²) in [5, 5.41) is 11.6. The highest BCUT2D eigenvalue weighted by atomic mass is 16.6. The third-order valence-electron chi connectivity index (χ3n) is 10.4. The van der Waals surface area contributed by atoms with Gasteiger partial charge in [-0.25, -0.2) is 28.8 Å². The minimum atomic E-state index is -0.551. The molecule has 4 atom stereocenters. The van der Waals surface area contributed by atoms with Gasteiger partial charge in [0.2, 0.25) is 0 Å². The Morgan fingerprint density at radius 3 is 1.13 bits per heavy atom. The maximum Gasteiger partial charge on any atom is 0.407 e. The third-order valence-corrected chi connectivity index (χ3v) is 10.4. The smallest absolute Gasteiger partial charge is 0.407 e. The van der Waals surface area contributed by atoms with Gasteiger partial charge in [0.15, 0.2) is 0 Å². The predicted molar refractivity (Wildman–Crippen MR) is 231 cm³/mol. The maximum atomic E-state index is 12.4. The fourth-order valence-electron chi connectivity index (χ4n) is 8.67. The number of carbonyl (C=O) groups excluding carboxylic acids is 6. The van der Waals surface area contributed by atoms with Crippen molar-refractivity contribution in [3.8, 4) is 0 Å². The molecule has 360 valence electrons. The lowest BCUT2D eigenvalue weighted by Crippen LogP contribution is -2.50. The highest BCUT2D eigenvalue weighted by Crippen LogP contribution is 2.47. The van der Waals surface area contributed by atoms with Gasteiger partial charge in [-0.1, -0.05) is 54.7 Å². The number of carbonyl (C=O) groups is 6. The zero-order valence-electron chi connectivity index (χ0n) is 38.4. The molecule has 4 N–H and O–H groups in total. The third kappa shape index (κ3) is 25.3. The van der Waals surface area contributed by atoms with E-state index in [0.29, 0.717) is 65.2 Å². The van der Waals surface area contributed by atoms with Crippen LogP contribution in [0.15, 0.2) is 25.3 Å². The average molecular weight is 899 g/mol. The summed E-state index contributed by atoms with van der Waals surface area (Å²) in [5.41, 5.74) is -0.745. The van der Waals surface area contributed by atoms with Crippen molar-refractivity contribution < 1.29 is 71.4 Å². The fourth-order valence-corrected chi connectivity index (χ4v) is 8.67. The summed E-state index contributed by atoms with van der Waals surface area (Å²) in [5.74, 6) is -1.05. The first-order valence-corrected chi connectivity index (χ1v) is 21.8. The summed E-state index contributed by atoms with van der Waals surface area (Å²) >= 11 is 0. The summed E-state index contributed by atoms with van der Waals surface area (Å²) in [6, 6.07) is -0.285. The molecule has 2 aliphatic rings. The first-order valence-electron chi connectivity index (χ1n) is 21.8. The topological polar surface area (TPSA) is 234 Å². The largest absolute Gasteiger partial charge is 0.462 e. The van der Waals surface area contributed by atoms with Gasteiger partial charge in [-0.05, 0) is 60.2 Å². The fraction of sp³-hybridized carbons (Fsp3) is 0.773. The Bertz CT molecular complexity index is 1370. The molecule has 0 saturated heterocycles. The number of esters is 2. The number of hydrogen-bond donors (Lipinski definition) is 4. The second-order valence-corrected chi connectivity index (χ2v) is 18.3. The SMILES string of the molecule is C=CC(=O)OCCCOC(=O)NC1CC(C)(C)CC(C)(CNC(=O)OCCOCCOCCOCCOC(=O)NCC2(C)CC(NC(=O)OCCCOC(=O)C=C)CC(C)(C)C2)C1. The molecule has 0 aromatic rings. The number of ether oxygens (including phenoxy) is 9. The van der Waals surface area contributed by atoms with Gasteiger partial charge in [0, 0.05) is 50.2 Å². The van der Waals surface area contributed by atoms with Crippen molar-refractivity contribution in [2.75, 3.05) is 92.4 Å². The molecule has 0 heterocycles. The molecule has 4 unspecified atom stereocenters. The van der Waals surface area contributed by atoms with Crippen molar-refractivity contribution >= 4 is 36.3 Å². The van der Waals surface area contributed by atoms with Crippen LogP contribution in [0, 0.1) is 21.7 Å². The predicted octanol–water partition coefficient (Wildman–Crippen LogP) is 5.35. The van der Waals surface area contributed by atoms with Gasteiger partial charge in [-0.3, -0.25) is 0 Å². The van der Waals surface area contributed by atoms with Crippen LogP contribution in [0.2, 0.25) is 0 Å². The number of alkyl carbamates (subject to hydrolysis) is 4. The molecule has 2 rings (SSSR count). The Morgan fingerprint density at radius 1 is 0.460 bits per heavy atom. The van der Waals surface area contributed by atoms with Crippen molar-refractivity contribution in [3.63, 3.8) is 0 Å². The lowest BCUT2D eigenvalue weighted by Gasteiger charge is -2.46. The number of nitrogens with one attached hydrogen (secondary N) is 4. The van der Waals surface area contributed by atoms with E-state index >= 15 is 0 Å². The normalized spacial score (nSPS) is 22.3. The molecule has 4 amide bonds. The molecule has 0 aromatic carbocycles. The van der Waals surface area contributed by atoms with Crippen LogP contribution in [0.25, 0.3) is 0 Å². The van der Waals surface area contributed by atoms with Crippen molar-refractivity contribution in [1.82, 2.24) is 21.3 Å². The Morgan fingerprint density at radius 2 is 0.778 bits per heavy atom. The standard InChI is InChI=1S/C44H74N4O15/c1-9-35(49)58-13-11-15-60-39(53)47-33-25-41(3,4)29-43(7,27-33)31-45-37(51)62-23-21-56-19-17-55-18-20-57-22-24-63-38(52)46-32-44(8)28-34(26-42(5,6)30-44)48-40(54)61-16-12-14-59-36(50)10-2/h9-10,33-34H,1-2,11-32H2,3-8H3,(H,45,51)(H,46,52)(H,47,53)(H,48,54). The van der Waals surface area contributed by atoms with Gasteiger partial charge >= 0.3 is 36.3 Å². The van der Waals surface area contributed by atoms with E-state index in [-0.39, 0.29) is 86.6 Å². The van der Waals surface area contributed by atoms with Crippen LogP contribution in [0.5, 0.6) is 0 Å². The van der Waals surface area contributed by atoms with Gasteiger partial charge in [-0.2, -0.15) is 0 Å². The lowest BCUT2D eigenvalue weighted by atomic mass is 9.62. The molecule has 0 spiro atoms. The molecule has 2 aliphatic carbocycles. The summed E-state index contributed by atoms with van der Waals surface area (Å²) in [6.45, 7) is 22.3. The first-order chi connectivity index (χ1) is 29.8. The molecule has 2 fully saturated rings. The van der Waals surface area contributed by atoms with Crippen LogP contribution in [0.3, 0.4) is 0 Å². The minimum Gasteiger partial charge on any atom is -0.462 e. The first kappa shape index (κ1) is 54.5. The molecule has 0 bridgehead atoms. The maximum absolute atomic E-state index is 12.4. The van der Waals surface area contributed by atoms with Crippen molar-refractivity contribution in [3.05, 3.63) is 25.3 Å². The Balaban J connectivity index is 1.49. The minimum absolute atomic E-state index is 0.0687. The summed E-state index contributed by atoms with van der Waals surface area (Å²) in [7, 11) is 0. The quantitative estimate of drug-likeness (QED) is 0.0336. The van der Waals surface area contributed by atoms with E-state index in [9.17, 15) is 28.8 Å². The van der Waals surface area contributed by atoms with Crippen LogP contribution in [-0.2, 0) is 52.2 Å². The van der Waals surface area contributed by atoms with Crippen LogP contribution in [0.4, 0.5) is 19.2 Å². The monoisotopic (exact) mass is 899 g/mol. The molecular weight excluding hydrogens is 824 g/mol. The summed E-state index contributed by atoms with van der Waals surface area (Å²) in [4.78, 5) is 71.8. The van der Waals surface area contributed by atoms with Crippen molar-refractivity contribution in [2.45, 2.75) is 105 Å². The number of amides is 4. The zero-order valence-corrected chi connectivity index (χ0v) is 38.4. The molecule has 0 aromatic heterocycles. The van der Waals surface area contributed by atoms with E-state index in [4.69, 9.17) is 42.6 Å². The zero-order chi connectivity index (χ0) is 46.8. The second-order valence-electron chi connectivity index (χ2n) is 18.3. The average Bonchev–Trinajstić information content (AvgIpc) is 3.19. The van der Waals surface area contributed by atoms with Crippen molar-refractivity contribution in [1.29, 1.82) is 0 Å². The van der Waals surface area contributed by atoms with E-state index in [2.05, 4.69) is 76.0 Å². The molecule has 63 heavy (non-hydrogen) atoms. The Hall–Kier alpha value is -4.62. The van der Waals surface area contributed by atoms with Gasteiger partial charge in [0.1, 0.15) is 13.2 Å². The Labute approximate surface area is 372 Å². The van der Waals surface area contributed by atoms with Gasteiger partial charge in [0.05, 0.1) is 66.1 Å². The van der Waals surface area contributed by atoms with Crippen LogP contribution < -0.4 is 21.3 Å². The van der Waals surface area contributed by atoms with Crippen LogP contribution >= 0.6 is 0 Å². The van der Waals surface area contributed by atoms with Gasteiger partial charge in [-0.15, -0.1) is 0 Å². The van der Waals surface area contributed by atoms with Crippen molar-refractivity contribution in [2.24, 2.45) is 21.7 Å². The molecule has 19 nitrogen and oxygen atoms in total. The van der Waals surface area contributed by atoms with E-state index in [1.165, 1.54) is 0 Å². The molecule has 19 heteroatoms. The van der Waals surface area contributed by atoms with Crippen LogP contribution in [-0.4, -0.2) is 141 Å². The highest BCUT2D eigenvalue weighted by Gasteiger charge is 2.43. The van der Waals surface area contributed by atoms with E-state index < -0.39 is 36.3 Å². The number of rotatable bonds is 28. The highest BCUT2D eigenvalue weighted by molar-refractivity contribution is 5.81. The van der Waals surface area contributed by atoms with Gasteiger partial charge in [0.25, 0.3) is 0 Å². The Kier molecular flexibility index (Phi) is 24.4. The van der Waals surface area contributed by atoms with E-state index in [0.717, 1.165) is 37.8 Å². The van der Waals surface area contributed by atoms with E-state index in [1.807, 2.05) is 0 Å². The number of hydrogen-bond acceptors (Lipinski definition) is 15. The summed E-state index contributed by atoms with van der Waals surface area (Å²) in [6.07, 6.45) is 5.22. The molecule has 2 saturated carbocycles. The lowest BCUT2D eigenvalue weighted by molar-refractivity contribution is -0.138. The van der Waals surface area contributed by atoms with Crippen LogP contribution in [0.1, 0.15) is 92.9 Å². The molecule has 0 radical (unpaired) electrons. The molecular formula is C44H74N4O15. The summed E-state index contributed by atoms with van der Waals surface area (Å²) < 4.78 is 47.3. The van der Waals surface area contributed by atoms with Gasteiger partial charge < -0.3 is 63.9 Å². The second kappa shape index (κ2) is 28.2. The van der Waals surface area contributed by atoms with E-state index in [1.54, 1.807) is 0 Å².